The van der Waals surface area contributed by atoms with Crippen molar-refractivity contribution in [1.82, 2.24) is 10.3 Å². The first kappa shape index (κ1) is 25.0. The van der Waals surface area contributed by atoms with E-state index in [9.17, 15) is 14.7 Å². The molecule has 1 unspecified atom stereocenters. The van der Waals surface area contributed by atoms with E-state index in [0.29, 0.717) is 25.2 Å². The number of halogens is 1. The first-order valence-corrected chi connectivity index (χ1v) is 10.0. The lowest BCUT2D eigenvalue weighted by molar-refractivity contribution is 0.0472. The number of hydrogen-bond acceptors (Lipinski definition) is 6. The minimum absolute atomic E-state index is 0.0842. The van der Waals surface area contributed by atoms with Gasteiger partial charge >= 0.3 is 12.1 Å². The highest BCUT2D eigenvalue weighted by Gasteiger charge is 2.37. The Balaban J connectivity index is 0.000000749. The smallest absolute Gasteiger partial charge is 0.408 e. The van der Waals surface area contributed by atoms with Crippen LogP contribution in [-0.4, -0.2) is 59.6 Å². The summed E-state index contributed by atoms with van der Waals surface area (Å²) in [6, 6.07) is 1.53. The van der Waals surface area contributed by atoms with Gasteiger partial charge < -0.3 is 24.8 Å². The van der Waals surface area contributed by atoms with Crippen LogP contribution in [0.5, 0.6) is 0 Å². The highest BCUT2D eigenvalue weighted by Crippen LogP contribution is 2.30. The molecule has 164 valence electrons. The highest BCUT2D eigenvalue weighted by molar-refractivity contribution is 6.29. The van der Waals surface area contributed by atoms with E-state index < -0.39 is 23.2 Å². The van der Waals surface area contributed by atoms with Gasteiger partial charge in [-0.3, -0.25) is 0 Å². The van der Waals surface area contributed by atoms with E-state index in [1.165, 1.54) is 12.3 Å². The van der Waals surface area contributed by atoms with Crippen LogP contribution < -0.4 is 10.2 Å². The standard InChI is InChI=1S/C16H22ClN3O4.C4H10O/c1-15(2,3)24-14(23)19-16(4)5-6-20(9-16)11-7-12(17)18-8-10(11)13(21)22;1-3-5-4-2/h7-8H,5-6,9H2,1-4H3,(H,19,23)(H,21,22);3-4H2,1-2H3. The minimum atomic E-state index is -1.07. The molecule has 0 radical (unpaired) electrons. The van der Waals surface area contributed by atoms with Crippen molar-refractivity contribution in [3.8, 4) is 0 Å². The summed E-state index contributed by atoms with van der Waals surface area (Å²) in [5, 5.41) is 12.4. The molecule has 1 aromatic heterocycles. The summed E-state index contributed by atoms with van der Waals surface area (Å²) >= 11 is 5.91. The number of anilines is 1. The summed E-state index contributed by atoms with van der Waals surface area (Å²) in [5.41, 5.74) is -0.514. The van der Waals surface area contributed by atoms with E-state index in [1.54, 1.807) is 20.8 Å². The van der Waals surface area contributed by atoms with E-state index in [2.05, 4.69) is 10.3 Å². The fourth-order valence-corrected chi connectivity index (χ4v) is 3.02. The number of carboxylic acids is 1. The Labute approximate surface area is 177 Å². The van der Waals surface area contributed by atoms with Crippen LogP contribution in [0.3, 0.4) is 0 Å². The van der Waals surface area contributed by atoms with Gasteiger partial charge in [0.25, 0.3) is 0 Å². The Bertz CT molecular complexity index is 706. The number of rotatable bonds is 5. The number of ether oxygens (including phenoxy) is 2. The molecule has 2 heterocycles. The van der Waals surface area contributed by atoms with Crippen molar-refractivity contribution in [2.75, 3.05) is 31.2 Å². The van der Waals surface area contributed by atoms with Crippen LogP contribution in [0.15, 0.2) is 12.3 Å². The summed E-state index contributed by atoms with van der Waals surface area (Å²) in [6.07, 6.45) is 1.42. The quantitative estimate of drug-likeness (QED) is 0.683. The van der Waals surface area contributed by atoms with Crippen molar-refractivity contribution in [2.24, 2.45) is 0 Å². The van der Waals surface area contributed by atoms with Crippen LogP contribution in [0.25, 0.3) is 0 Å². The number of pyridine rings is 1. The van der Waals surface area contributed by atoms with Crippen LogP contribution in [0, 0.1) is 0 Å². The molecule has 0 aromatic carbocycles. The maximum Gasteiger partial charge on any atom is 0.408 e. The van der Waals surface area contributed by atoms with E-state index in [1.807, 2.05) is 25.7 Å². The zero-order valence-corrected chi connectivity index (χ0v) is 18.8. The molecule has 0 spiro atoms. The van der Waals surface area contributed by atoms with Crippen LogP contribution >= 0.6 is 11.6 Å². The first-order valence-electron chi connectivity index (χ1n) is 9.63. The molecule has 2 N–H and O–H groups in total. The SMILES string of the molecule is CC1(NC(=O)OC(C)(C)C)CCN(c2cc(Cl)ncc2C(=O)O)C1.CCOCC. The van der Waals surface area contributed by atoms with Crippen molar-refractivity contribution in [1.29, 1.82) is 0 Å². The highest BCUT2D eigenvalue weighted by atomic mass is 35.5. The molecule has 0 aliphatic carbocycles. The zero-order chi connectivity index (χ0) is 22.2. The minimum Gasteiger partial charge on any atom is -0.478 e. The Morgan fingerprint density at radius 2 is 1.97 bits per heavy atom. The summed E-state index contributed by atoms with van der Waals surface area (Å²) in [6.45, 7) is 14.0. The van der Waals surface area contributed by atoms with E-state index in [4.69, 9.17) is 21.1 Å². The molecule has 1 amide bonds. The second-order valence-electron chi connectivity index (χ2n) is 7.97. The van der Waals surface area contributed by atoms with Gasteiger partial charge in [-0.2, -0.15) is 0 Å². The Kier molecular flexibility index (Phi) is 9.16. The second kappa shape index (κ2) is 10.6. The van der Waals surface area contributed by atoms with Gasteiger partial charge in [0.2, 0.25) is 0 Å². The average molecular weight is 430 g/mol. The van der Waals surface area contributed by atoms with Gasteiger partial charge in [-0.15, -0.1) is 0 Å². The number of carbonyl (C=O) groups is 2. The number of aromatic carboxylic acids is 1. The van der Waals surface area contributed by atoms with Gasteiger partial charge in [-0.05, 0) is 54.0 Å². The summed E-state index contributed by atoms with van der Waals surface area (Å²) in [4.78, 5) is 29.1. The molecule has 1 saturated heterocycles. The van der Waals surface area contributed by atoms with Crippen molar-refractivity contribution in [2.45, 2.75) is 59.1 Å². The summed E-state index contributed by atoms with van der Waals surface area (Å²) < 4.78 is 10.1. The zero-order valence-electron chi connectivity index (χ0n) is 18.0. The number of carboxylic acid groups (broad SMARTS) is 1. The molecule has 9 heteroatoms. The Morgan fingerprint density at radius 3 is 2.45 bits per heavy atom. The van der Waals surface area contributed by atoms with Crippen molar-refractivity contribution in [3.63, 3.8) is 0 Å². The molecule has 8 nitrogen and oxygen atoms in total. The second-order valence-corrected chi connectivity index (χ2v) is 8.36. The number of amides is 1. The Hall–Kier alpha value is -2.06. The lowest BCUT2D eigenvalue weighted by Crippen LogP contribution is -2.49. The third-order valence-electron chi connectivity index (χ3n) is 4.10. The molecule has 1 aromatic rings. The third kappa shape index (κ3) is 8.45. The lowest BCUT2D eigenvalue weighted by atomic mass is 10.0. The fraction of sp³-hybridized carbons (Fsp3) is 0.650. The number of hydrogen-bond donors (Lipinski definition) is 2. The van der Waals surface area contributed by atoms with Gasteiger partial charge in [0.1, 0.15) is 16.3 Å². The maximum absolute atomic E-state index is 12.0. The molecule has 1 fully saturated rings. The molecule has 2 rings (SSSR count). The maximum atomic E-state index is 12.0. The van der Waals surface area contributed by atoms with Crippen LogP contribution in [0.4, 0.5) is 10.5 Å². The van der Waals surface area contributed by atoms with Gasteiger partial charge in [-0.1, -0.05) is 11.6 Å². The van der Waals surface area contributed by atoms with Crippen molar-refractivity contribution in [3.05, 3.63) is 23.0 Å². The molecular weight excluding hydrogens is 398 g/mol. The monoisotopic (exact) mass is 429 g/mol. The first-order chi connectivity index (χ1) is 13.4. The fourth-order valence-electron chi connectivity index (χ4n) is 2.87. The predicted octanol–water partition coefficient (Wildman–Crippen LogP) is 3.97. The van der Waals surface area contributed by atoms with Gasteiger partial charge in [-0.25, -0.2) is 14.6 Å². The average Bonchev–Trinajstić information content (AvgIpc) is 2.95. The van der Waals surface area contributed by atoms with E-state index >= 15 is 0 Å². The van der Waals surface area contributed by atoms with Crippen molar-refractivity contribution < 1.29 is 24.2 Å². The molecule has 1 aliphatic heterocycles. The van der Waals surface area contributed by atoms with Gasteiger partial charge in [0, 0.05) is 32.5 Å². The van der Waals surface area contributed by atoms with E-state index in [0.717, 1.165) is 13.2 Å². The third-order valence-corrected chi connectivity index (χ3v) is 4.31. The van der Waals surface area contributed by atoms with Crippen LogP contribution in [0.2, 0.25) is 5.15 Å². The molecule has 29 heavy (non-hydrogen) atoms. The summed E-state index contributed by atoms with van der Waals surface area (Å²) in [5.74, 6) is -1.07. The van der Waals surface area contributed by atoms with Crippen LogP contribution in [0.1, 0.15) is 58.3 Å². The number of nitrogens with zero attached hydrogens (tertiary/aromatic N) is 2. The number of carbonyl (C=O) groups excluding carboxylic acids is 1. The largest absolute Gasteiger partial charge is 0.478 e. The molecular formula is C20H32ClN3O5. The summed E-state index contributed by atoms with van der Waals surface area (Å²) in [7, 11) is 0. The van der Waals surface area contributed by atoms with Gasteiger partial charge in [0.05, 0.1) is 11.2 Å². The number of aromatic nitrogens is 1. The van der Waals surface area contributed by atoms with Crippen LogP contribution in [-0.2, 0) is 9.47 Å². The molecule has 0 saturated carbocycles. The molecule has 0 bridgehead atoms. The van der Waals surface area contributed by atoms with E-state index in [-0.39, 0.29) is 10.7 Å². The topological polar surface area (TPSA) is 101 Å². The van der Waals surface area contributed by atoms with Gasteiger partial charge in [0.15, 0.2) is 0 Å². The molecule has 1 aliphatic rings. The number of nitrogens with one attached hydrogen (secondary N) is 1. The normalized spacial score (nSPS) is 18.7. The lowest BCUT2D eigenvalue weighted by Gasteiger charge is -2.29. The number of alkyl carbamates (subject to hydrolysis) is 1. The predicted molar refractivity (Wildman–Crippen MR) is 113 cm³/mol. The molecule has 1 atom stereocenters. The van der Waals surface area contributed by atoms with Crippen molar-refractivity contribution >= 4 is 29.4 Å². The Morgan fingerprint density at radius 1 is 1.34 bits per heavy atom.